The fourth-order valence-corrected chi connectivity index (χ4v) is 2.51. The minimum Gasteiger partial charge on any atom is -0.493 e. The Labute approximate surface area is 138 Å². The maximum atomic E-state index is 13.2. The average Bonchev–Trinajstić information content (AvgIpc) is 3.01. The second-order valence-electron chi connectivity index (χ2n) is 5.29. The molecule has 1 amide bonds. The van der Waals surface area contributed by atoms with Crippen molar-refractivity contribution in [3.8, 4) is 11.5 Å². The number of benzene rings is 2. The number of methoxy groups -OCH3 is 2. The van der Waals surface area contributed by atoms with Gasteiger partial charge in [0, 0.05) is 23.5 Å². The average molecular weight is 328 g/mol. The highest BCUT2D eigenvalue weighted by Gasteiger charge is 2.13. The Morgan fingerprint density at radius 2 is 1.88 bits per heavy atom. The van der Waals surface area contributed by atoms with Crippen molar-refractivity contribution in [2.24, 2.45) is 0 Å². The van der Waals surface area contributed by atoms with E-state index in [1.165, 1.54) is 12.1 Å². The number of carbonyl (C=O) groups is 1. The minimum absolute atomic E-state index is 0.249. The zero-order chi connectivity index (χ0) is 17.1. The molecule has 0 fully saturated rings. The first kappa shape index (κ1) is 15.9. The van der Waals surface area contributed by atoms with Gasteiger partial charge < -0.3 is 19.8 Å². The van der Waals surface area contributed by atoms with Gasteiger partial charge in [0.15, 0.2) is 11.5 Å². The molecule has 6 heteroatoms. The number of hydrogen-bond donors (Lipinski definition) is 2. The Hall–Kier alpha value is -3.02. The van der Waals surface area contributed by atoms with Crippen LogP contribution in [0.15, 0.2) is 42.5 Å². The van der Waals surface area contributed by atoms with Crippen LogP contribution < -0.4 is 14.8 Å². The van der Waals surface area contributed by atoms with E-state index in [2.05, 4.69) is 10.3 Å². The molecule has 0 aliphatic carbocycles. The normalized spacial score (nSPS) is 10.6. The lowest BCUT2D eigenvalue weighted by molar-refractivity contribution is 0.0946. The van der Waals surface area contributed by atoms with E-state index >= 15 is 0 Å². The molecule has 24 heavy (non-hydrogen) atoms. The Kier molecular flexibility index (Phi) is 4.37. The second kappa shape index (κ2) is 6.62. The molecular formula is C18H17FN2O3. The summed E-state index contributed by atoms with van der Waals surface area (Å²) in [5.41, 5.74) is 1.88. The first-order valence-electron chi connectivity index (χ1n) is 7.38. The molecule has 3 rings (SSSR count). The quantitative estimate of drug-likeness (QED) is 0.756. The van der Waals surface area contributed by atoms with Crippen molar-refractivity contribution in [1.29, 1.82) is 0 Å². The van der Waals surface area contributed by atoms with Gasteiger partial charge in [-0.3, -0.25) is 4.79 Å². The summed E-state index contributed by atoms with van der Waals surface area (Å²) in [4.78, 5) is 15.3. The van der Waals surface area contributed by atoms with Crippen molar-refractivity contribution in [1.82, 2.24) is 10.3 Å². The highest BCUT2D eigenvalue weighted by molar-refractivity contribution is 5.98. The number of nitrogens with one attached hydrogen (secondary N) is 2. The van der Waals surface area contributed by atoms with Crippen molar-refractivity contribution in [2.45, 2.75) is 6.54 Å². The van der Waals surface area contributed by atoms with Gasteiger partial charge in [-0.25, -0.2) is 4.39 Å². The smallest absolute Gasteiger partial charge is 0.267 e. The molecule has 124 valence electrons. The van der Waals surface area contributed by atoms with Gasteiger partial charge in [-0.1, -0.05) is 12.1 Å². The van der Waals surface area contributed by atoms with Crippen LogP contribution in [0.2, 0.25) is 0 Å². The number of ether oxygens (including phenoxy) is 2. The topological polar surface area (TPSA) is 63.3 Å². The van der Waals surface area contributed by atoms with E-state index in [0.29, 0.717) is 22.8 Å². The van der Waals surface area contributed by atoms with Crippen LogP contribution in [-0.2, 0) is 6.54 Å². The van der Waals surface area contributed by atoms with Gasteiger partial charge in [0.2, 0.25) is 0 Å². The molecule has 2 N–H and O–H groups in total. The maximum Gasteiger partial charge on any atom is 0.267 e. The predicted molar refractivity (Wildman–Crippen MR) is 89.0 cm³/mol. The summed E-state index contributed by atoms with van der Waals surface area (Å²) >= 11 is 0. The summed E-state index contributed by atoms with van der Waals surface area (Å²) in [6.45, 7) is 0.249. The van der Waals surface area contributed by atoms with Crippen molar-refractivity contribution in [3.63, 3.8) is 0 Å². The Balaban J connectivity index is 1.79. The van der Waals surface area contributed by atoms with Crippen LogP contribution >= 0.6 is 0 Å². The first-order valence-corrected chi connectivity index (χ1v) is 7.38. The van der Waals surface area contributed by atoms with Gasteiger partial charge in [-0.05, 0) is 29.8 Å². The Morgan fingerprint density at radius 3 is 2.58 bits per heavy atom. The molecule has 0 radical (unpaired) electrons. The van der Waals surface area contributed by atoms with Crippen molar-refractivity contribution in [3.05, 3.63) is 59.5 Å². The largest absolute Gasteiger partial charge is 0.493 e. The first-order chi connectivity index (χ1) is 11.6. The zero-order valence-corrected chi connectivity index (χ0v) is 13.4. The number of hydrogen-bond acceptors (Lipinski definition) is 3. The summed E-state index contributed by atoms with van der Waals surface area (Å²) in [6, 6.07) is 11.4. The fraction of sp³-hybridized carbons (Fsp3) is 0.167. The van der Waals surface area contributed by atoms with E-state index in [1.807, 2.05) is 0 Å². The molecule has 1 aromatic heterocycles. The summed E-state index contributed by atoms with van der Waals surface area (Å²) in [6.07, 6.45) is 0. The number of carbonyl (C=O) groups excluding carboxylic acids is 1. The summed E-state index contributed by atoms with van der Waals surface area (Å²) < 4.78 is 23.7. The van der Waals surface area contributed by atoms with Gasteiger partial charge in [-0.2, -0.15) is 0 Å². The van der Waals surface area contributed by atoms with E-state index in [0.717, 1.165) is 10.9 Å². The highest BCUT2D eigenvalue weighted by Crippen LogP contribution is 2.32. The van der Waals surface area contributed by atoms with Gasteiger partial charge in [0.25, 0.3) is 5.91 Å². The number of amides is 1. The minimum atomic E-state index is -0.327. The van der Waals surface area contributed by atoms with Gasteiger partial charge in [0.05, 0.1) is 14.2 Å². The van der Waals surface area contributed by atoms with Crippen LogP contribution in [-0.4, -0.2) is 25.1 Å². The summed E-state index contributed by atoms with van der Waals surface area (Å²) in [7, 11) is 3.11. The SMILES string of the molecule is COc1cc2cc(C(=O)NCc3cccc(F)c3)[nH]c2cc1OC. The van der Waals surface area contributed by atoms with Gasteiger partial charge >= 0.3 is 0 Å². The van der Waals surface area contributed by atoms with Crippen LogP contribution in [0.5, 0.6) is 11.5 Å². The Morgan fingerprint density at radius 1 is 1.12 bits per heavy atom. The lowest BCUT2D eigenvalue weighted by atomic mass is 10.2. The predicted octanol–water partition coefficient (Wildman–Crippen LogP) is 3.25. The molecule has 0 unspecified atom stereocenters. The van der Waals surface area contributed by atoms with Crippen LogP contribution in [0, 0.1) is 5.82 Å². The lowest BCUT2D eigenvalue weighted by Crippen LogP contribution is -2.23. The molecule has 3 aromatic rings. The molecule has 0 saturated carbocycles. The summed E-state index contributed by atoms with van der Waals surface area (Å²) in [5.74, 6) is 0.578. The van der Waals surface area contributed by atoms with Crippen molar-refractivity contribution in [2.75, 3.05) is 14.2 Å². The maximum absolute atomic E-state index is 13.2. The third kappa shape index (κ3) is 3.17. The van der Waals surface area contributed by atoms with Gasteiger partial charge in [0.1, 0.15) is 11.5 Å². The monoisotopic (exact) mass is 328 g/mol. The van der Waals surface area contributed by atoms with E-state index in [9.17, 15) is 9.18 Å². The zero-order valence-electron chi connectivity index (χ0n) is 13.4. The third-order valence-corrected chi connectivity index (χ3v) is 3.71. The lowest BCUT2D eigenvalue weighted by Gasteiger charge is -2.06. The molecule has 0 saturated heterocycles. The van der Waals surface area contributed by atoms with E-state index < -0.39 is 0 Å². The van der Waals surface area contributed by atoms with Crippen LogP contribution in [0.4, 0.5) is 4.39 Å². The molecule has 0 aliphatic heterocycles. The summed E-state index contributed by atoms with van der Waals surface area (Å²) in [5, 5.41) is 3.60. The van der Waals surface area contributed by atoms with Crippen molar-refractivity contribution < 1.29 is 18.7 Å². The molecule has 2 aromatic carbocycles. The number of fused-ring (bicyclic) bond motifs is 1. The van der Waals surface area contributed by atoms with E-state index in [-0.39, 0.29) is 18.3 Å². The van der Waals surface area contributed by atoms with E-state index in [1.54, 1.807) is 44.6 Å². The fourth-order valence-electron chi connectivity index (χ4n) is 2.51. The molecular weight excluding hydrogens is 311 g/mol. The molecule has 0 aliphatic rings. The standard InChI is InChI=1S/C18H17FN2O3/c1-23-16-8-12-7-15(21-14(12)9-17(16)24-2)18(22)20-10-11-4-3-5-13(19)6-11/h3-9,21H,10H2,1-2H3,(H,20,22). The second-order valence-corrected chi connectivity index (χ2v) is 5.29. The highest BCUT2D eigenvalue weighted by atomic mass is 19.1. The number of halogens is 1. The van der Waals surface area contributed by atoms with Crippen LogP contribution in [0.3, 0.4) is 0 Å². The molecule has 0 atom stereocenters. The Bertz CT molecular complexity index is 848. The third-order valence-electron chi connectivity index (χ3n) is 3.71. The van der Waals surface area contributed by atoms with E-state index in [4.69, 9.17) is 9.47 Å². The molecule has 0 spiro atoms. The van der Waals surface area contributed by atoms with Crippen LogP contribution in [0.1, 0.15) is 16.1 Å². The number of aromatic amines is 1. The van der Waals surface area contributed by atoms with Crippen molar-refractivity contribution >= 4 is 16.8 Å². The number of H-pyrrole nitrogens is 1. The molecule has 0 bridgehead atoms. The number of aromatic nitrogens is 1. The van der Waals surface area contributed by atoms with Crippen LogP contribution in [0.25, 0.3) is 10.9 Å². The molecule has 1 heterocycles. The molecule has 5 nitrogen and oxygen atoms in total. The van der Waals surface area contributed by atoms with Gasteiger partial charge in [-0.15, -0.1) is 0 Å². The number of rotatable bonds is 5.